The first kappa shape index (κ1) is 18.0. The molecule has 5 heteroatoms. The molecule has 0 fully saturated rings. The van der Waals surface area contributed by atoms with Gasteiger partial charge in [-0.1, -0.05) is 36.1 Å². The maximum absolute atomic E-state index is 5.92. The molecule has 0 aliphatic carbocycles. The molecule has 3 aromatic rings. The third kappa shape index (κ3) is 4.30. The Kier molecular flexibility index (Phi) is 5.51. The molecular formula is C23H21N3O2. The Morgan fingerprint density at radius 2 is 1.86 bits per heavy atom. The Bertz CT molecular complexity index is 992. The van der Waals surface area contributed by atoms with Gasteiger partial charge in [0.05, 0.1) is 12.7 Å². The summed E-state index contributed by atoms with van der Waals surface area (Å²) in [5.74, 6) is 7.87. The average molecular weight is 371 g/mol. The van der Waals surface area contributed by atoms with Gasteiger partial charge in [0.2, 0.25) is 0 Å². The quantitative estimate of drug-likeness (QED) is 0.715. The second-order valence-electron chi connectivity index (χ2n) is 6.62. The van der Waals surface area contributed by atoms with Gasteiger partial charge in [0.1, 0.15) is 12.9 Å². The SMILES string of the molecule is COc1cccc2c1OC[C@@H](NCc1ccc(C#Cc3cncnc3)cc1)C2. The lowest BCUT2D eigenvalue weighted by Gasteiger charge is -2.27. The van der Waals surface area contributed by atoms with Crippen molar-refractivity contribution in [3.63, 3.8) is 0 Å². The molecule has 140 valence electrons. The zero-order valence-electron chi connectivity index (χ0n) is 15.7. The van der Waals surface area contributed by atoms with E-state index >= 15 is 0 Å². The maximum atomic E-state index is 5.92. The maximum Gasteiger partial charge on any atom is 0.164 e. The minimum atomic E-state index is 0.275. The molecule has 0 spiro atoms. The molecule has 1 aliphatic rings. The van der Waals surface area contributed by atoms with Crippen LogP contribution in [0.15, 0.2) is 61.2 Å². The van der Waals surface area contributed by atoms with Crippen LogP contribution >= 0.6 is 0 Å². The lowest BCUT2D eigenvalue weighted by Crippen LogP contribution is -2.38. The molecule has 0 saturated carbocycles. The Morgan fingerprint density at radius 1 is 1.07 bits per heavy atom. The predicted octanol–water partition coefficient (Wildman–Crippen LogP) is 2.98. The first-order valence-electron chi connectivity index (χ1n) is 9.20. The van der Waals surface area contributed by atoms with Gasteiger partial charge in [0.25, 0.3) is 0 Å². The molecule has 0 radical (unpaired) electrons. The summed E-state index contributed by atoms with van der Waals surface area (Å²) in [5, 5.41) is 3.58. The normalized spacial score (nSPS) is 15.0. The highest BCUT2D eigenvalue weighted by atomic mass is 16.5. The summed E-state index contributed by atoms with van der Waals surface area (Å²) in [4.78, 5) is 7.93. The number of aromatic nitrogens is 2. The van der Waals surface area contributed by atoms with Gasteiger partial charge in [-0.3, -0.25) is 0 Å². The van der Waals surface area contributed by atoms with Crippen molar-refractivity contribution >= 4 is 0 Å². The Morgan fingerprint density at radius 3 is 2.64 bits per heavy atom. The van der Waals surface area contributed by atoms with E-state index in [4.69, 9.17) is 9.47 Å². The second-order valence-corrected chi connectivity index (χ2v) is 6.62. The highest BCUT2D eigenvalue weighted by Gasteiger charge is 2.22. The van der Waals surface area contributed by atoms with Crippen LogP contribution < -0.4 is 14.8 Å². The molecule has 1 aromatic heterocycles. The molecule has 4 rings (SSSR count). The number of benzene rings is 2. The van der Waals surface area contributed by atoms with E-state index in [1.165, 1.54) is 17.5 Å². The van der Waals surface area contributed by atoms with Crippen molar-refractivity contribution in [2.75, 3.05) is 13.7 Å². The molecule has 5 nitrogen and oxygen atoms in total. The van der Waals surface area contributed by atoms with Gasteiger partial charge in [-0.25, -0.2) is 9.97 Å². The minimum absolute atomic E-state index is 0.275. The summed E-state index contributed by atoms with van der Waals surface area (Å²) in [5.41, 5.74) is 4.17. The van der Waals surface area contributed by atoms with Crippen molar-refractivity contribution in [3.05, 3.63) is 83.4 Å². The number of para-hydroxylation sites is 1. The first-order valence-corrected chi connectivity index (χ1v) is 9.20. The minimum Gasteiger partial charge on any atom is -0.493 e. The molecule has 2 heterocycles. The van der Waals surface area contributed by atoms with Crippen LogP contribution in [0.1, 0.15) is 22.3 Å². The van der Waals surface area contributed by atoms with Gasteiger partial charge >= 0.3 is 0 Å². The summed E-state index contributed by atoms with van der Waals surface area (Å²) in [6, 6.07) is 14.6. The number of hydrogen-bond donors (Lipinski definition) is 1. The number of nitrogens with zero attached hydrogens (tertiary/aromatic N) is 2. The fraction of sp³-hybridized carbons (Fsp3) is 0.217. The lowest BCUT2D eigenvalue weighted by molar-refractivity contribution is 0.226. The Balaban J connectivity index is 1.34. The average Bonchev–Trinajstić information content (AvgIpc) is 2.77. The molecule has 1 atom stereocenters. The summed E-state index contributed by atoms with van der Waals surface area (Å²) >= 11 is 0. The summed E-state index contributed by atoms with van der Waals surface area (Å²) in [7, 11) is 1.67. The van der Waals surface area contributed by atoms with Gasteiger partial charge in [-0.05, 0) is 35.7 Å². The van der Waals surface area contributed by atoms with Crippen molar-refractivity contribution in [3.8, 4) is 23.3 Å². The molecular weight excluding hydrogens is 350 g/mol. The zero-order valence-corrected chi connectivity index (χ0v) is 15.7. The molecule has 0 amide bonds. The van der Waals surface area contributed by atoms with E-state index in [1.807, 2.05) is 24.3 Å². The number of rotatable bonds is 4. The molecule has 0 unspecified atom stereocenters. The molecule has 2 aromatic carbocycles. The van der Waals surface area contributed by atoms with E-state index in [2.05, 4.69) is 45.3 Å². The third-order valence-electron chi connectivity index (χ3n) is 4.64. The van der Waals surface area contributed by atoms with Crippen molar-refractivity contribution < 1.29 is 9.47 Å². The Hall–Kier alpha value is -3.36. The zero-order chi connectivity index (χ0) is 19.2. The van der Waals surface area contributed by atoms with Crippen molar-refractivity contribution in [2.45, 2.75) is 19.0 Å². The van der Waals surface area contributed by atoms with Crippen LogP contribution in [-0.2, 0) is 13.0 Å². The highest BCUT2D eigenvalue weighted by molar-refractivity contribution is 5.48. The van der Waals surface area contributed by atoms with Crippen LogP contribution in [0.25, 0.3) is 0 Å². The van der Waals surface area contributed by atoms with Crippen molar-refractivity contribution in [1.82, 2.24) is 15.3 Å². The van der Waals surface area contributed by atoms with E-state index in [1.54, 1.807) is 19.5 Å². The fourth-order valence-electron chi connectivity index (χ4n) is 3.16. The number of nitrogens with one attached hydrogen (secondary N) is 1. The third-order valence-corrected chi connectivity index (χ3v) is 4.64. The van der Waals surface area contributed by atoms with Gasteiger partial charge in [0, 0.05) is 30.5 Å². The van der Waals surface area contributed by atoms with Crippen molar-refractivity contribution in [2.24, 2.45) is 0 Å². The van der Waals surface area contributed by atoms with Crippen molar-refractivity contribution in [1.29, 1.82) is 0 Å². The van der Waals surface area contributed by atoms with Gasteiger partial charge in [-0.15, -0.1) is 0 Å². The fourth-order valence-corrected chi connectivity index (χ4v) is 3.16. The van der Waals surface area contributed by atoms with Gasteiger partial charge in [0.15, 0.2) is 11.5 Å². The standard InChI is InChI=1S/C23H21N3O2/c1-27-22-4-2-3-20-11-21(15-28-23(20)22)26-14-18-8-5-17(6-9-18)7-10-19-12-24-16-25-13-19/h2-6,8-9,12-13,16,21,26H,11,14-15H2,1H3/t21-/m0/s1. The molecule has 1 aliphatic heterocycles. The summed E-state index contributed by atoms with van der Waals surface area (Å²) in [6.07, 6.45) is 5.84. The molecule has 0 saturated heterocycles. The van der Waals surface area contributed by atoms with E-state index in [9.17, 15) is 0 Å². The summed E-state index contributed by atoms with van der Waals surface area (Å²) in [6.45, 7) is 1.42. The topological polar surface area (TPSA) is 56.3 Å². The van der Waals surface area contributed by atoms with Gasteiger partial charge < -0.3 is 14.8 Å². The van der Waals surface area contributed by atoms with E-state index < -0.39 is 0 Å². The van der Waals surface area contributed by atoms with E-state index in [-0.39, 0.29) is 6.04 Å². The molecule has 28 heavy (non-hydrogen) atoms. The number of hydrogen-bond acceptors (Lipinski definition) is 5. The smallest absolute Gasteiger partial charge is 0.164 e. The van der Waals surface area contributed by atoms with Crippen LogP contribution in [0.3, 0.4) is 0 Å². The van der Waals surface area contributed by atoms with Crippen LogP contribution in [0.2, 0.25) is 0 Å². The van der Waals surface area contributed by atoms with Gasteiger partial charge in [-0.2, -0.15) is 0 Å². The van der Waals surface area contributed by atoms with Crippen LogP contribution in [0.4, 0.5) is 0 Å². The molecule has 0 bridgehead atoms. The Labute approximate surface area is 164 Å². The van der Waals surface area contributed by atoms with E-state index in [0.29, 0.717) is 6.61 Å². The lowest BCUT2D eigenvalue weighted by atomic mass is 10.0. The van der Waals surface area contributed by atoms with Crippen LogP contribution in [0, 0.1) is 11.8 Å². The summed E-state index contributed by atoms with van der Waals surface area (Å²) < 4.78 is 11.3. The molecule has 1 N–H and O–H groups in total. The number of ether oxygens (including phenoxy) is 2. The number of methoxy groups -OCH3 is 1. The number of fused-ring (bicyclic) bond motifs is 1. The van der Waals surface area contributed by atoms with Crippen LogP contribution in [0.5, 0.6) is 11.5 Å². The first-order chi connectivity index (χ1) is 13.8. The van der Waals surface area contributed by atoms with Crippen LogP contribution in [-0.4, -0.2) is 29.7 Å². The van der Waals surface area contributed by atoms with E-state index in [0.717, 1.165) is 35.6 Å². The largest absolute Gasteiger partial charge is 0.493 e. The second kappa shape index (κ2) is 8.55. The predicted molar refractivity (Wildman–Crippen MR) is 107 cm³/mol. The highest BCUT2D eigenvalue weighted by Crippen LogP contribution is 2.34. The monoisotopic (exact) mass is 371 g/mol.